The second kappa shape index (κ2) is 4.22. The molecule has 0 N–H and O–H groups in total. The molecule has 5 nitrogen and oxygen atoms in total. The number of esters is 1. The number of carbonyl (C=O) groups excluding carboxylic acids is 1. The molecule has 0 saturated carbocycles. The molecule has 0 bridgehead atoms. The third kappa shape index (κ3) is 2.04. The number of halogens is 2. The molecule has 7 heteroatoms. The van der Waals surface area contributed by atoms with Gasteiger partial charge in [-0.15, -0.1) is 0 Å². The minimum atomic E-state index is -1.05. The maximum Gasteiger partial charge on any atom is 0.346 e. The predicted octanol–water partition coefficient (Wildman–Crippen LogP) is 2.17. The average Bonchev–Trinajstić information content (AvgIpc) is 2.20. The van der Waals surface area contributed by atoms with E-state index in [-0.39, 0.29) is 0 Å². The Morgan fingerprint density at radius 1 is 1.60 bits per heavy atom. The molecule has 0 heterocycles. The van der Waals surface area contributed by atoms with Crippen LogP contribution in [0.4, 0.5) is 10.1 Å². The minimum Gasteiger partial charge on any atom is -0.465 e. The molecule has 0 atom stereocenters. The van der Waals surface area contributed by atoms with Crippen LogP contribution in [-0.4, -0.2) is 18.0 Å². The predicted molar refractivity (Wildman–Crippen MR) is 49.4 cm³/mol. The molecule has 1 rings (SSSR count). The van der Waals surface area contributed by atoms with E-state index in [0.29, 0.717) is 0 Å². The van der Waals surface area contributed by atoms with E-state index in [1.807, 2.05) is 0 Å². The van der Waals surface area contributed by atoms with Crippen LogP contribution in [0.3, 0.4) is 0 Å². The molecule has 0 aliphatic heterocycles. The highest BCUT2D eigenvalue weighted by Crippen LogP contribution is 2.29. The van der Waals surface area contributed by atoms with Crippen LogP contribution >= 0.6 is 11.6 Å². The lowest BCUT2D eigenvalue weighted by atomic mass is 10.2. The molecule has 0 spiro atoms. The first-order valence-corrected chi connectivity index (χ1v) is 4.07. The highest BCUT2D eigenvalue weighted by Gasteiger charge is 2.26. The van der Waals surface area contributed by atoms with Gasteiger partial charge < -0.3 is 4.74 Å². The Bertz CT molecular complexity index is 435. The molecular formula is C8H5ClFNO4. The summed E-state index contributed by atoms with van der Waals surface area (Å²) in [5.41, 5.74) is -1.17. The Labute approximate surface area is 88.6 Å². The monoisotopic (exact) mass is 233 g/mol. The smallest absolute Gasteiger partial charge is 0.346 e. The molecule has 15 heavy (non-hydrogen) atoms. The van der Waals surface area contributed by atoms with Crippen LogP contribution < -0.4 is 0 Å². The summed E-state index contributed by atoms with van der Waals surface area (Å²) in [6.07, 6.45) is 0. The lowest BCUT2D eigenvalue weighted by Crippen LogP contribution is -2.07. The molecular weight excluding hydrogens is 229 g/mol. The zero-order valence-corrected chi connectivity index (χ0v) is 8.25. The van der Waals surface area contributed by atoms with Crippen molar-refractivity contribution in [2.75, 3.05) is 7.11 Å². The van der Waals surface area contributed by atoms with Gasteiger partial charge in [-0.05, 0) is 6.07 Å². The molecule has 0 saturated heterocycles. The SMILES string of the molecule is COC(=O)c1c([N+](=O)[O-])ccc(F)c1Cl. The second-order valence-electron chi connectivity index (χ2n) is 2.50. The number of benzene rings is 1. The maximum atomic E-state index is 13.0. The lowest BCUT2D eigenvalue weighted by Gasteiger charge is -2.03. The van der Waals surface area contributed by atoms with Gasteiger partial charge in [0.1, 0.15) is 5.82 Å². The number of nitrogens with zero attached hydrogens (tertiary/aromatic N) is 1. The van der Waals surface area contributed by atoms with Crippen molar-refractivity contribution in [3.8, 4) is 0 Å². The molecule has 0 aliphatic carbocycles. The topological polar surface area (TPSA) is 69.4 Å². The fraction of sp³-hybridized carbons (Fsp3) is 0.125. The Morgan fingerprint density at radius 3 is 2.67 bits per heavy atom. The largest absolute Gasteiger partial charge is 0.465 e. The van der Waals surface area contributed by atoms with Crippen molar-refractivity contribution < 1.29 is 18.8 Å². The van der Waals surface area contributed by atoms with Gasteiger partial charge in [0.2, 0.25) is 0 Å². The molecule has 0 fully saturated rings. The quantitative estimate of drug-likeness (QED) is 0.446. The van der Waals surface area contributed by atoms with Crippen molar-refractivity contribution >= 4 is 23.3 Å². The van der Waals surface area contributed by atoms with Crippen LogP contribution in [0.25, 0.3) is 0 Å². The van der Waals surface area contributed by atoms with Gasteiger partial charge in [0.05, 0.1) is 17.1 Å². The Hall–Kier alpha value is -1.69. The van der Waals surface area contributed by atoms with E-state index in [0.717, 1.165) is 19.2 Å². The van der Waals surface area contributed by atoms with Crippen LogP contribution in [0.15, 0.2) is 12.1 Å². The molecule has 80 valence electrons. The molecule has 0 radical (unpaired) electrons. The summed E-state index contributed by atoms with van der Waals surface area (Å²) >= 11 is 5.44. The van der Waals surface area contributed by atoms with Gasteiger partial charge in [-0.3, -0.25) is 10.1 Å². The van der Waals surface area contributed by atoms with Gasteiger partial charge in [0.15, 0.2) is 5.56 Å². The van der Waals surface area contributed by atoms with Gasteiger partial charge >= 0.3 is 5.97 Å². The zero-order chi connectivity index (χ0) is 11.6. The van der Waals surface area contributed by atoms with Crippen LogP contribution in [-0.2, 0) is 4.74 Å². The zero-order valence-electron chi connectivity index (χ0n) is 7.49. The van der Waals surface area contributed by atoms with E-state index in [1.165, 1.54) is 0 Å². The van der Waals surface area contributed by atoms with E-state index in [1.54, 1.807) is 0 Å². The fourth-order valence-corrected chi connectivity index (χ4v) is 1.23. The van der Waals surface area contributed by atoms with Crippen molar-refractivity contribution in [3.05, 3.63) is 38.7 Å². The number of hydrogen-bond donors (Lipinski definition) is 0. The summed E-state index contributed by atoms with van der Waals surface area (Å²) in [5.74, 6) is -1.96. The van der Waals surface area contributed by atoms with Crippen molar-refractivity contribution in [3.63, 3.8) is 0 Å². The third-order valence-corrected chi connectivity index (χ3v) is 2.03. The van der Waals surface area contributed by atoms with Crippen molar-refractivity contribution in [1.82, 2.24) is 0 Å². The number of carbonyl (C=O) groups is 1. The maximum absolute atomic E-state index is 13.0. The number of ether oxygens (including phenoxy) is 1. The summed E-state index contributed by atoms with van der Waals surface area (Å²) in [7, 11) is 1.02. The van der Waals surface area contributed by atoms with Crippen molar-refractivity contribution in [1.29, 1.82) is 0 Å². The Kier molecular flexibility index (Phi) is 3.21. The number of hydrogen-bond acceptors (Lipinski definition) is 4. The summed E-state index contributed by atoms with van der Waals surface area (Å²) < 4.78 is 17.2. The van der Waals surface area contributed by atoms with E-state index in [4.69, 9.17) is 11.6 Å². The van der Waals surface area contributed by atoms with Crippen LogP contribution in [0, 0.1) is 15.9 Å². The number of nitro benzene ring substituents is 1. The molecule has 1 aromatic carbocycles. The summed E-state index contributed by atoms with van der Waals surface area (Å²) in [6.45, 7) is 0. The van der Waals surface area contributed by atoms with Gasteiger partial charge in [-0.2, -0.15) is 0 Å². The summed E-state index contributed by atoms with van der Waals surface area (Å²) in [6, 6.07) is 1.67. The standard InChI is InChI=1S/C8H5ClFNO4/c1-15-8(12)6-5(11(13)14)3-2-4(10)7(6)9/h2-3H,1H3. The Balaban J connectivity index is 3.48. The third-order valence-electron chi connectivity index (χ3n) is 1.66. The van der Waals surface area contributed by atoms with E-state index in [9.17, 15) is 19.3 Å². The van der Waals surface area contributed by atoms with Gasteiger partial charge in [0.25, 0.3) is 5.69 Å². The summed E-state index contributed by atoms with van der Waals surface area (Å²) in [5, 5.41) is 9.91. The van der Waals surface area contributed by atoms with Crippen LogP contribution in [0.1, 0.15) is 10.4 Å². The van der Waals surface area contributed by atoms with Gasteiger partial charge in [-0.25, -0.2) is 9.18 Å². The fourth-order valence-electron chi connectivity index (χ4n) is 0.989. The number of nitro groups is 1. The highest BCUT2D eigenvalue weighted by molar-refractivity contribution is 6.34. The first kappa shape index (κ1) is 11.4. The molecule has 0 aromatic heterocycles. The first-order chi connectivity index (χ1) is 6.99. The summed E-state index contributed by atoms with van der Waals surface area (Å²) in [4.78, 5) is 20.8. The van der Waals surface area contributed by atoms with Gasteiger partial charge in [0, 0.05) is 6.07 Å². The molecule has 0 aliphatic rings. The van der Waals surface area contributed by atoms with Crippen molar-refractivity contribution in [2.45, 2.75) is 0 Å². The van der Waals surface area contributed by atoms with E-state index < -0.39 is 33.0 Å². The molecule has 0 unspecified atom stereocenters. The Morgan fingerprint density at radius 2 is 2.20 bits per heavy atom. The lowest BCUT2D eigenvalue weighted by molar-refractivity contribution is -0.385. The highest BCUT2D eigenvalue weighted by atomic mass is 35.5. The molecule has 1 aromatic rings. The van der Waals surface area contributed by atoms with Crippen molar-refractivity contribution in [2.24, 2.45) is 0 Å². The normalized spacial score (nSPS) is 9.80. The number of methoxy groups -OCH3 is 1. The van der Waals surface area contributed by atoms with E-state index in [2.05, 4.69) is 4.74 Å². The minimum absolute atomic E-state index is 0.579. The first-order valence-electron chi connectivity index (χ1n) is 3.69. The van der Waals surface area contributed by atoms with Gasteiger partial charge in [-0.1, -0.05) is 11.6 Å². The average molecular weight is 234 g/mol. The number of rotatable bonds is 2. The van der Waals surface area contributed by atoms with E-state index >= 15 is 0 Å². The molecule has 0 amide bonds. The second-order valence-corrected chi connectivity index (χ2v) is 2.88. The van der Waals surface area contributed by atoms with Crippen LogP contribution in [0.5, 0.6) is 0 Å². The van der Waals surface area contributed by atoms with Crippen LogP contribution in [0.2, 0.25) is 5.02 Å².